The average Bonchev–Trinajstić information content (AvgIpc) is 1.89. The highest BCUT2D eigenvalue weighted by Crippen LogP contribution is 2.02. The molecule has 1 N–H and O–H groups in total. The average molecular weight is 151 g/mol. The monoisotopic (exact) mass is 150 g/mol. The molecule has 0 saturated heterocycles. The van der Waals surface area contributed by atoms with Gasteiger partial charge in [0.05, 0.1) is 0 Å². The van der Waals surface area contributed by atoms with Crippen LogP contribution < -0.4 is 0 Å². The number of halogens is 1. The lowest BCUT2D eigenvalue weighted by Gasteiger charge is -1.95. The number of unbranched alkanes of at least 4 members (excludes halogenated alkanes) is 4. The maximum atomic E-state index is 8.40. The molecule has 0 radical (unpaired) electrons. The minimum Gasteiger partial charge on any atom is -0.396 e. The second-order valence-electron chi connectivity index (χ2n) is 2.18. The fourth-order valence-electron chi connectivity index (χ4n) is 0.737. The SMILES string of the molecule is OCCCCCCCCl. The van der Waals surface area contributed by atoms with Crippen molar-refractivity contribution in [1.29, 1.82) is 0 Å². The lowest BCUT2D eigenvalue weighted by atomic mass is 10.2. The second kappa shape index (κ2) is 8.25. The van der Waals surface area contributed by atoms with E-state index in [1.165, 1.54) is 12.8 Å². The molecule has 0 saturated carbocycles. The molecule has 0 fully saturated rings. The van der Waals surface area contributed by atoms with E-state index < -0.39 is 0 Å². The number of aliphatic hydroxyl groups excluding tert-OH is 1. The molecule has 0 aromatic carbocycles. The fourth-order valence-corrected chi connectivity index (χ4v) is 0.926. The molecule has 0 bridgehead atoms. The van der Waals surface area contributed by atoms with E-state index in [1.54, 1.807) is 0 Å². The Morgan fingerprint density at radius 1 is 0.889 bits per heavy atom. The van der Waals surface area contributed by atoms with Crippen molar-refractivity contribution in [2.24, 2.45) is 0 Å². The molecule has 0 atom stereocenters. The van der Waals surface area contributed by atoms with Gasteiger partial charge in [-0.2, -0.15) is 0 Å². The van der Waals surface area contributed by atoms with Crippen molar-refractivity contribution in [3.63, 3.8) is 0 Å². The molecule has 0 aromatic heterocycles. The Kier molecular flexibility index (Phi) is 8.48. The Hall–Kier alpha value is 0.250. The van der Waals surface area contributed by atoms with Gasteiger partial charge < -0.3 is 5.11 Å². The van der Waals surface area contributed by atoms with Crippen LogP contribution in [0.15, 0.2) is 0 Å². The van der Waals surface area contributed by atoms with Crippen LogP contribution in [0.5, 0.6) is 0 Å². The predicted octanol–water partition coefficient (Wildman–Crippen LogP) is 2.17. The molecule has 0 rings (SSSR count). The van der Waals surface area contributed by atoms with Crippen LogP contribution in [-0.2, 0) is 0 Å². The van der Waals surface area contributed by atoms with E-state index in [1.807, 2.05) is 0 Å². The van der Waals surface area contributed by atoms with Gasteiger partial charge in [-0.1, -0.05) is 19.3 Å². The molecule has 0 unspecified atom stereocenters. The van der Waals surface area contributed by atoms with Gasteiger partial charge in [0.15, 0.2) is 0 Å². The third-order valence-corrected chi connectivity index (χ3v) is 1.56. The minimum absolute atomic E-state index is 0.334. The van der Waals surface area contributed by atoms with Crippen LogP contribution >= 0.6 is 11.6 Å². The Labute approximate surface area is 62.0 Å². The predicted molar refractivity (Wildman–Crippen MR) is 40.9 cm³/mol. The maximum absolute atomic E-state index is 8.40. The first kappa shape index (κ1) is 9.25. The van der Waals surface area contributed by atoms with Gasteiger partial charge in [-0.3, -0.25) is 0 Å². The largest absolute Gasteiger partial charge is 0.396 e. The maximum Gasteiger partial charge on any atom is 0.0431 e. The van der Waals surface area contributed by atoms with E-state index in [0.717, 1.165) is 25.1 Å². The van der Waals surface area contributed by atoms with Crippen LogP contribution in [0.2, 0.25) is 0 Å². The Bertz CT molecular complexity index is 42.2. The van der Waals surface area contributed by atoms with Gasteiger partial charge in [-0.15, -0.1) is 11.6 Å². The summed E-state index contributed by atoms with van der Waals surface area (Å²) in [5.74, 6) is 0.777. The van der Waals surface area contributed by atoms with E-state index in [2.05, 4.69) is 0 Å². The van der Waals surface area contributed by atoms with Crippen molar-refractivity contribution in [2.75, 3.05) is 12.5 Å². The Morgan fingerprint density at radius 3 is 2.00 bits per heavy atom. The summed E-state index contributed by atoms with van der Waals surface area (Å²) in [6.45, 7) is 0.334. The van der Waals surface area contributed by atoms with Crippen LogP contribution in [-0.4, -0.2) is 17.6 Å². The van der Waals surface area contributed by atoms with Gasteiger partial charge >= 0.3 is 0 Å². The number of hydrogen-bond acceptors (Lipinski definition) is 1. The summed E-state index contributed by atoms with van der Waals surface area (Å²) < 4.78 is 0. The van der Waals surface area contributed by atoms with Gasteiger partial charge in [0.1, 0.15) is 0 Å². The van der Waals surface area contributed by atoms with Gasteiger partial charge in [0, 0.05) is 12.5 Å². The van der Waals surface area contributed by atoms with Crippen LogP contribution in [0.3, 0.4) is 0 Å². The first-order valence-electron chi connectivity index (χ1n) is 3.58. The van der Waals surface area contributed by atoms with E-state index in [-0.39, 0.29) is 0 Å². The first-order valence-corrected chi connectivity index (χ1v) is 4.12. The molecule has 0 heterocycles. The quantitative estimate of drug-likeness (QED) is 0.455. The third-order valence-electron chi connectivity index (χ3n) is 1.29. The summed E-state index contributed by atoms with van der Waals surface area (Å²) in [4.78, 5) is 0. The lowest BCUT2D eigenvalue weighted by Crippen LogP contribution is -1.83. The van der Waals surface area contributed by atoms with Crippen LogP contribution in [0.4, 0.5) is 0 Å². The summed E-state index contributed by atoms with van der Waals surface area (Å²) in [5, 5.41) is 8.40. The highest BCUT2D eigenvalue weighted by atomic mass is 35.5. The van der Waals surface area contributed by atoms with E-state index in [4.69, 9.17) is 16.7 Å². The number of rotatable bonds is 6. The minimum atomic E-state index is 0.334. The molecule has 0 spiro atoms. The van der Waals surface area contributed by atoms with E-state index in [9.17, 15) is 0 Å². The third kappa shape index (κ3) is 8.25. The zero-order valence-corrected chi connectivity index (χ0v) is 6.53. The lowest BCUT2D eigenvalue weighted by molar-refractivity contribution is 0.282. The van der Waals surface area contributed by atoms with Gasteiger partial charge in [0.2, 0.25) is 0 Å². The Morgan fingerprint density at radius 2 is 1.44 bits per heavy atom. The number of alkyl halides is 1. The molecule has 2 heteroatoms. The first-order chi connectivity index (χ1) is 4.41. The molecule has 1 nitrogen and oxygen atoms in total. The van der Waals surface area contributed by atoms with E-state index in [0.29, 0.717) is 6.61 Å². The molecular weight excluding hydrogens is 136 g/mol. The van der Waals surface area contributed by atoms with Gasteiger partial charge in [-0.25, -0.2) is 0 Å². The standard InChI is InChI=1S/C7H15ClO/c8-6-4-2-1-3-5-7-9/h9H,1-7H2. The molecule has 0 aromatic rings. The number of hydrogen-bond donors (Lipinski definition) is 1. The van der Waals surface area contributed by atoms with Crippen molar-refractivity contribution in [3.8, 4) is 0 Å². The fraction of sp³-hybridized carbons (Fsp3) is 1.00. The summed E-state index contributed by atoms with van der Waals surface area (Å²) in [6, 6.07) is 0. The van der Waals surface area contributed by atoms with Gasteiger partial charge in [0.25, 0.3) is 0 Å². The van der Waals surface area contributed by atoms with Crippen molar-refractivity contribution in [1.82, 2.24) is 0 Å². The molecular formula is C7H15ClO. The smallest absolute Gasteiger partial charge is 0.0431 e. The Balaban J connectivity index is 2.60. The van der Waals surface area contributed by atoms with Crippen LogP contribution in [0.25, 0.3) is 0 Å². The number of aliphatic hydroxyl groups is 1. The normalized spacial score (nSPS) is 10.0. The molecule has 9 heavy (non-hydrogen) atoms. The van der Waals surface area contributed by atoms with Crippen molar-refractivity contribution >= 4 is 11.6 Å². The van der Waals surface area contributed by atoms with Crippen molar-refractivity contribution in [3.05, 3.63) is 0 Å². The van der Waals surface area contributed by atoms with Crippen molar-refractivity contribution in [2.45, 2.75) is 32.1 Å². The topological polar surface area (TPSA) is 20.2 Å². The summed E-state index contributed by atoms with van der Waals surface area (Å²) in [7, 11) is 0. The molecule has 0 aliphatic rings. The van der Waals surface area contributed by atoms with Crippen LogP contribution in [0.1, 0.15) is 32.1 Å². The highest BCUT2D eigenvalue weighted by Gasteiger charge is 1.86. The summed E-state index contributed by atoms with van der Waals surface area (Å²) in [6.07, 6.45) is 5.64. The molecule has 0 aliphatic heterocycles. The van der Waals surface area contributed by atoms with Crippen LogP contribution in [0, 0.1) is 0 Å². The zero-order valence-electron chi connectivity index (χ0n) is 5.77. The highest BCUT2D eigenvalue weighted by molar-refractivity contribution is 6.17. The molecule has 0 aliphatic carbocycles. The zero-order chi connectivity index (χ0) is 6.95. The molecule has 56 valence electrons. The van der Waals surface area contributed by atoms with Gasteiger partial charge in [-0.05, 0) is 12.8 Å². The summed E-state index contributed by atoms with van der Waals surface area (Å²) in [5.41, 5.74) is 0. The second-order valence-corrected chi connectivity index (χ2v) is 2.56. The van der Waals surface area contributed by atoms with E-state index >= 15 is 0 Å². The molecule has 0 amide bonds. The van der Waals surface area contributed by atoms with Crippen molar-refractivity contribution < 1.29 is 5.11 Å². The summed E-state index contributed by atoms with van der Waals surface area (Å²) >= 11 is 5.46.